The Kier molecular flexibility index (Phi) is 3.24. The van der Waals surface area contributed by atoms with Gasteiger partial charge in [-0.15, -0.1) is 0 Å². The lowest BCUT2D eigenvalue weighted by molar-refractivity contribution is 0.558. The Labute approximate surface area is 116 Å². The average Bonchev–Trinajstić information content (AvgIpc) is 2.91. The molecule has 1 atom stereocenters. The Bertz CT molecular complexity index is 708. The number of hydrogen-bond acceptors (Lipinski definition) is 6. The Morgan fingerprint density at radius 1 is 1.35 bits per heavy atom. The molecule has 3 heterocycles. The zero-order valence-electron chi connectivity index (χ0n) is 11.4. The fraction of sp³-hybridized carbons (Fsp3) is 0.308. The summed E-state index contributed by atoms with van der Waals surface area (Å²) in [6, 6.07) is 4.01. The quantitative estimate of drug-likeness (QED) is 0.771. The molecule has 0 bridgehead atoms. The Morgan fingerprint density at radius 2 is 2.25 bits per heavy atom. The van der Waals surface area contributed by atoms with Gasteiger partial charge in [-0.05, 0) is 26.0 Å². The summed E-state index contributed by atoms with van der Waals surface area (Å²) in [5.41, 5.74) is 0.704. The molecule has 1 N–H and O–H groups in total. The van der Waals surface area contributed by atoms with Crippen LogP contribution < -0.4 is 5.32 Å². The second kappa shape index (κ2) is 5.20. The maximum absolute atomic E-state index is 4.46. The lowest BCUT2D eigenvalue weighted by Gasteiger charge is -2.15. The van der Waals surface area contributed by atoms with Crippen molar-refractivity contribution in [3.63, 3.8) is 0 Å². The van der Waals surface area contributed by atoms with Gasteiger partial charge in [0, 0.05) is 12.2 Å². The molecule has 3 rings (SSSR count). The summed E-state index contributed by atoms with van der Waals surface area (Å²) in [5.74, 6) is 1.50. The van der Waals surface area contributed by atoms with E-state index >= 15 is 0 Å². The maximum atomic E-state index is 4.46. The van der Waals surface area contributed by atoms with Crippen molar-refractivity contribution in [3.8, 4) is 0 Å². The van der Waals surface area contributed by atoms with Crippen molar-refractivity contribution in [2.45, 2.75) is 26.4 Å². The fourth-order valence-corrected chi connectivity index (χ4v) is 2.07. The molecule has 0 saturated carbocycles. The minimum Gasteiger partial charge on any atom is -0.365 e. The molecule has 0 fully saturated rings. The molecule has 7 heteroatoms. The van der Waals surface area contributed by atoms with Crippen LogP contribution in [0, 0.1) is 6.92 Å². The summed E-state index contributed by atoms with van der Waals surface area (Å²) in [6.07, 6.45) is 4.96. The topological polar surface area (TPSA) is 81.4 Å². The number of rotatable bonds is 4. The molecule has 3 aromatic heterocycles. The van der Waals surface area contributed by atoms with Crippen molar-refractivity contribution in [1.29, 1.82) is 0 Å². The average molecular weight is 269 g/mol. The standard InChI is InChI=1S/C13H15N7/c1-9(6-20-8-14-7-16-20)17-13-11-4-3-5-15-12(11)18-10(2)19-13/h3-5,7-9H,6H2,1-2H3,(H,15,17,18,19)/t9-/m0/s1. The fourth-order valence-electron chi connectivity index (χ4n) is 2.07. The van der Waals surface area contributed by atoms with Crippen LogP contribution in [0.3, 0.4) is 0 Å². The van der Waals surface area contributed by atoms with Crippen LogP contribution in [0.2, 0.25) is 0 Å². The van der Waals surface area contributed by atoms with Gasteiger partial charge in [-0.25, -0.2) is 19.9 Å². The largest absolute Gasteiger partial charge is 0.365 e. The first-order chi connectivity index (χ1) is 9.72. The number of fused-ring (bicyclic) bond motifs is 1. The Hall–Kier alpha value is -2.57. The van der Waals surface area contributed by atoms with E-state index in [1.165, 1.54) is 6.33 Å². The van der Waals surface area contributed by atoms with Gasteiger partial charge in [0.25, 0.3) is 0 Å². The molecule has 0 radical (unpaired) electrons. The van der Waals surface area contributed by atoms with E-state index in [-0.39, 0.29) is 6.04 Å². The molecule has 0 amide bonds. The number of aryl methyl sites for hydroxylation is 1. The molecule has 0 unspecified atom stereocenters. The predicted molar refractivity (Wildman–Crippen MR) is 75.2 cm³/mol. The van der Waals surface area contributed by atoms with Crippen LogP contribution >= 0.6 is 0 Å². The van der Waals surface area contributed by atoms with E-state index in [0.717, 1.165) is 11.2 Å². The summed E-state index contributed by atoms with van der Waals surface area (Å²) in [4.78, 5) is 17.0. The van der Waals surface area contributed by atoms with Gasteiger partial charge in [0.15, 0.2) is 5.65 Å². The van der Waals surface area contributed by atoms with Crippen LogP contribution in [-0.4, -0.2) is 35.8 Å². The van der Waals surface area contributed by atoms with Crippen LogP contribution in [-0.2, 0) is 6.54 Å². The number of anilines is 1. The molecule has 0 aliphatic rings. The second-order valence-electron chi connectivity index (χ2n) is 4.66. The van der Waals surface area contributed by atoms with Gasteiger partial charge in [0.2, 0.25) is 0 Å². The Balaban J connectivity index is 1.86. The number of nitrogens with one attached hydrogen (secondary N) is 1. The van der Waals surface area contributed by atoms with Crippen LogP contribution in [0.25, 0.3) is 11.0 Å². The highest BCUT2D eigenvalue weighted by molar-refractivity contribution is 5.86. The van der Waals surface area contributed by atoms with Crippen molar-refractivity contribution in [2.75, 3.05) is 5.32 Å². The monoisotopic (exact) mass is 269 g/mol. The molecular formula is C13H15N7. The van der Waals surface area contributed by atoms with Crippen LogP contribution in [0.4, 0.5) is 5.82 Å². The molecule has 102 valence electrons. The highest BCUT2D eigenvalue weighted by Gasteiger charge is 2.10. The molecule has 3 aromatic rings. The summed E-state index contributed by atoms with van der Waals surface area (Å²) in [5, 5.41) is 8.40. The van der Waals surface area contributed by atoms with Crippen molar-refractivity contribution in [3.05, 3.63) is 36.8 Å². The van der Waals surface area contributed by atoms with E-state index < -0.39 is 0 Å². The van der Waals surface area contributed by atoms with E-state index in [0.29, 0.717) is 18.0 Å². The van der Waals surface area contributed by atoms with Crippen molar-refractivity contribution < 1.29 is 0 Å². The third kappa shape index (κ3) is 2.56. The molecular weight excluding hydrogens is 254 g/mol. The van der Waals surface area contributed by atoms with Gasteiger partial charge in [-0.3, -0.25) is 4.68 Å². The lowest BCUT2D eigenvalue weighted by atomic mass is 10.2. The van der Waals surface area contributed by atoms with Crippen molar-refractivity contribution >= 4 is 16.9 Å². The normalized spacial score (nSPS) is 12.5. The summed E-state index contributed by atoms with van der Waals surface area (Å²) in [7, 11) is 0. The van der Waals surface area contributed by atoms with E-state index in [4.69, 9.17) is 0 Å². The molecule has 0 aromatic carbocycles. The highest BCUT2D eigenvalue weighted by atomic mass is 15.3. The number of pyridine rings is 1. The zero-order chi connectivity index (χ0) is 13.9. The van der Waals surface area contributed by atoms with E-state index in [9.17, 15) is 0 Å². The van der Waals surface area contributed by atoms with Crippen LogP contribution in [0.1, 0.15) is 12.7 Å². The molecule has 7 nitrogen and oxygen atoms in total. The maximum Gasteiger partial charge on any atom is 0.164 e. The minimum atomic E-state index is 0.161. The smallest absolute Gasteiger partial charge is 0.164 e. The highest BCUT2D eigenvalue weighted by Crippen LogP contribution is 2.18. The number of nitrogens with zero attached hydrogens (tertiary/aromatic N) is 6. The van der Waals surface area contributed by atoms with Gasteiger partial charge < -0.3 is 5.32 Å². The van der Waals surface area contributed by atoms with Gasteiger partial charge in [0.05, 0.1) is 11.9 Å². The summed E-state index contributed by atoms with van der Waals surface area (Å²) in [6.45, 7) is 4.65. The van der Waals surface area contributed by atoms with E-state index in [1.54, 1.807) is 17.2 Å². The number of aromatic nitrogens is 6. The van der Waals surface area contributed by atoms with Crippen molar-refractivity contribution in [1.82, 2.24) is 29.7 Å². The predicted octanol–water partition coefficient (Wildman–Crippen LogP) is 1.43. The molecule has 0 aliphatic carbocycles. The molecule has 0 spiro atoms. The lowest BCUT2D eigenvalue weighted by Crippen LogP contribution is -2.23. The first kappa shape index (κ1) is 12.5. The SMILES string of the molecule is Cc1nc(N[C@@H](C)Cn2cncn2)c2cccnc2n1. The van der Waals surface area contributed by atoms with E-state index in [1.807, 2.05) is 19.1 Å². The van der Waals surface area contributed by atoms with Gasteiger partial charge in [0.1, 0.15) is 24.3 Å². The van der Waals surface area contributed by atoms with E-state index in [2.05, 4.69) is 37.3 Å². The molecule has 0 aliphatic heterocycles. The third-order valence-electron chi connectivity index (χ3n) is 2.89. The first-order valence-corrected chi connectivity index (χ1v) is 6.40. The first-order valence-electron chi connectivity index (χ1n) is 6.40. The minimum absolute atomic E-state index is 0.161. The van der Waals surface area contributed by atoms with Crippen molar-refractivity contribution in [2.24, 2.45) is 0 Å². The van der Waals surface area contributed by atoms with Gasteiger partial charge in [-0.1, -0.05) is 0 Å². The number of hydrogen-bond donors (Lipinski definition) is 1. The van der Waals surface area contributed by atoms with Crippen LogP contribution in [0.5, 0.6) is 0 Å². The molecule has 20 heavy (non-hydrogen) atoms. The van der Waals surface area contributed by atoms with Crippen LogP contribution in [0.15, 0.2) is 31.0 Å². The van der Waals surface area contributed by atoms with Gasteiger partial charge in [-0.2, -0.15) is 5.10 Å². The third-order valence-corrected chi connectivity index (χ3v) is 2.89. The van der Waals surface area contributed by atoms with Gasteiger partial charge >= 0.3 is 0 Å². The summed E-state index contributed by atoms with van der Waals surface area (Å²) >= 11 is 0. The second-order valence-corrected chi connectivity index (χ2v) is 4.66. The Morgan fingerprint density at radius 3 is 3.05 bits per heavy atom. The zero-order valence-corrected chi connectivity index (χ0v) is 11.4. The molecule has 0 saturated heterocycles. The summed E-state index contributed by atoms with van der Waals surface area (Å²) < 4.78 is 1.78.